The first kappa shape index (κ1) is 28.4. The predicted octanol–water partition coefficient (Wildman–Crippen LogP) is 2.74. The number of aromatic hydroxyl groups is 1. The van der Waals surface area contributed by atoms with Crippen molar-refractivity contribution in [1.29, 1.82) is 0 Å². The molecule has 3 N–H and O–H groups in total. The normalized spacial score (nSPS) is 14.4. The first-order valence-electron chi connectivity index (χ1n) is 12.7. The lowest BCUT2D eigenvalue weighted by Gasteiger charge is -2.40. The molecular weight excluding hydrogens is 504 g/mol. The smallest absolute Gasteiger partial charge is 0.265 e. The van der Waals surface area contributed by atoms with Gasteiger partial charge in [-0.1, -0.05) is 24.3 Å². The molecule has 0 saturated carbocycles. The number of fused-ring (bicyclic) bond motifs is 3. The number of rotatable bonds is 9. The van der Waals surface area contributed by atoms with E-state index in [4.69, 9.17) is 19.9 Å². The van der Waals surface area contributed by atoms with Gasteiger partial charge in [0.2, 0.25) is 0 Å². The molecule has 39 heavy (non-hydrogen) atoms. The third-order valence-corrected chi connectivity index (χ3v) is 7.86. The Morgan fingerprint density at radius 1 is 0.846 bits per heavy atom. The van der Waals surface area contributed by atoms with E-state index in [1.807, 2.05) is 20.8 Å². The van der Waals surface area contributed by atoms with E-state index in [9.17, 15) is 24.3 Å². The molecule has 0 fully saturated rings. The van der Waals surface area contributed by atoms with Crippen molar-refractivity contribution >= 4 is 38.0 Å². The summed E-state index contributed by atoms with van der Waals surface area (Å²) in [6.45, 7) is 11.5. The Morgan fingerprint density at radius 3 is 1.95 bits per heavy atom. The molecule has 0 bridgehead atoms. The molecule has 0 aliphatic heterocycles. The molecule has 208 valence electrons. The van der Waals surface area contributed by atoms with E-state index in [2.05, 4.69) is 0 Å². The summed E-state index contributed by atoms with van der Waals surface area (Å²) in [7, 11) is 1.58. The van der Waals surface area contributed by atoms with E-state index in [0.29, 0.717) is 13.2 Å². The fourth-order valence-electron chi connectivity index (χ4n) is 4.99. The number of hydrogen-bond donors (Lipinski definition) is 2. The maximum Gasteiger partial charge on any atom is 0.265 e. The molecule has 10 heteroatoms. The van der Waals surface area contributed by atoms with Crippen molar-refractivity contribution in [1.82, 2.24) is 4.57 Å². The van der Waals surface area contributed by atoms with Gasteiger partial charge in [0.25, 0.3) is 11.1 Å². The number of anilines is 1. The minimum absolute atomic E-state index is 0.0884. The van der Waals surface area contributed by atoms with Crippen molar-refractivity contribution < 1.29 is 19.3 Å². The van der Waals surface area contributed by atoms with Gasteiger partial charge in [-0.15, -0.1) is 0 Å². The lowest BCUT2D eigenvalue weighted by molar-refractivity contribution is -0.180. The van der Waals surface area contributed by atoms with E-state index >= 15 is 0 Å². The summed E-state index contributed by atoms with van der Waals surface area (Å²) >= 11 is 0. The number of phenols is 1. The highest BCUT2D eigenvalue weighted by atomic mass is 16.6. The average molecular weight is 539 g/mol. The second-order valence-corrected chi connectivity index (χ2v) is 10.9. The molecule has 0 spiro atoms. The predicted molar refractivity (Wildman–Crippen MR) is 152 cm³/mol. The molecule has 0 amide bonds. The summed E-state index contributed by atoms with van der Waals surface area (Å²) in [5, 5.41) is 10.0. The highest BCUT2D eigenvalue weighted by Gasteiger charge is 2.39. The third kappa shape index (κ3) is 4.42. The van der Waals surface area contributed by atoms with Crippen LogP contribution >= 0.6 is 0 Å². The highest BCUT2D eigenvalue weighted by molar-refractivity contribution is 6.17. The molecule has 0 radical (unpaired) electrons. The highest BCUT2D eigenvalue weighted by Crippen LogP contribution is 2.36. The van der Waals surface area contributed by atoms with Crippen molar-refractivity contribution in [2.75, 3.05) is 26.1 Å². The zero-order valence-corrected chi connectivity index (χ0v) is 23.2. The van der Waals surface area contributed by atoms with Gasteiger partial charge in [0, 0.05) is 17.9 Å². The maximum atomic E-state index is 13.7. The molecule has 3 aromatic carbocycles. The van der Waals surface area contributed by atoms with Crippen molar-refractivity contribution in [3.63, 3.8) is 0 Å². The molecule has 0 aliphatic carbocycles. The van der Waals surface area contributed by atoms with Gasteiger partial charge in [-0.25, -0.2) is 0 Å². The summed E-state index contributed by atoms with van der Waals surface area (Å²) in [5.74, 6) is -0.727. The SMILES string of the molecule is COCCOC(C)(C)C(C)OC(C)(C)C(C)n1c(=O)c2c(N)c3c(=O)c4ccccc4c(=O)c3c(O)c2c1=O. The lowest BCUT2D eigenvalue weighted by atomic mass is 9.97. The number of nitrogen functional groups attached to an aromatic ring is 1. The van der Waals surface area contributed by atoms with Crippen molar-refractivity contribution in [3.8, 4) is 5.75 Å². The summed E-state index contributed by atoms with van der Waals surface area (Å²) in [4.78, 5) is 53.9. The van der Waals surface area contributed by atoms with Crippen LogP contribution in [0.3, 0.4) is 0 Å². The monoisotopic (exact) mass is 538 g/mol. The zero-order chi connectivity index (χ0) is 29.0. The summed E-state index contributed by atoms with van der Waals surface area (Å²) in [5.41, 5.74) is 1.37. The molecule has 1 heterocycles. The van der Waals surface area contributed by atoms with E-state index in [1.165, 1.54) is 12.1 Å². The van der Waals surface area contributed by atoms with Gasteiger partial charge < -0.3 is 25.1 Å². The van der Waals surface area contributed by atoms with Crippen LogP contribution in [-0.2, 0) is 14.2 Å². The van der Waals surface area contributed by atoms with Crippen LogP contribution in [0.5, 0.6) is 5.75 Å². The molecule has 0 saturated heterocycles. The van der Waals surface area contributed by atoms with Crippen molar-refractivity contribution in [3.05, 3.63) is 65.4 Å². The first-order chi connectivity index (χ1) is 18.2. The molecular formula is C29H34N2O8. The molecule has 2 atom stereocenters. The Kier molecular flexibility index (Phi) is 7.18. The van der Waals surface area contributed by atoms with Crippen molar-refractivity contribution in [2.45, 2.75) is 64.9 Å². The Balaban J connectivity index is 1.90. The summed E-state index contributed by atoms with van der Waals surface area (Å²) in [6, 6.07) is 5.30. The largest absolute Gasteiger partial charge is 0.506 e. The average Bonchev–Trinajstić information content (AvgIpc) is 3.14. The molecule has 10 nitrogen and oxygen atoms in total. The van der Waals surface area contributed by atoms with Gasteiger partial charge in [-0.3, -0.25) is 23.7 Å². The quantitative estimate of drug-likeness (QED) is 0.142. The van der Waals surface area contributed by atoms with E-state index < -0.39 is 56.5 Å². The fourth-order valence-corrected chi connectivity index (χ4v) is 4.99. The lowest BCUT2D eigenvalue weighted by Crippen LogP contribution is -2.49. The summed E-state index contributed by atoms with van der Waals surface area (Å²) in [6.07, 6.45) is -0.457. The van der Waals surface area contributed by atoms with Gasteiger partial charge in [0.05, 0.1) is 63.8 Å². The van der Waals surface area contributed by atoms with Gasteiger partial charge in [0.15, 0.2) is 10.9 Å². The number of phenolic OH excluding ortho intramolecular Hbond substituents is 1. The van der Waals surface area contributed by atoms with Gasteiger partial charge in [-0.2, -0.15) is 0 Å². The van der Waals surface area contributed by atoms with E-state index in [-0.39, 0.29) is 32.6 Å². The second-order valence-electron chi connectivity index (χ2n) is 10.9. The number of ether oxygens (including phenoxy) is 3. The molecule has 4 rings (SSSR count). The van der Waals surface area contributed by atoms with E-state index in [1.54, 1.807) is 40.0 Å². The minimum atomic E-state index is -1.07. The zero-order valence-electron chi connectivity index (χ0n) is 23.2. The van der Waals surface area contributed by atoms with E-state index in [0.717, 1.165) is 4.57 Å². The van der Waals surface area contributed by atoms with Crippen LogP contribution in [-0.4, -0.2) is 47.3 Å². The molecule has 2 unspecified atom stereocenters. The number of nitrogens with zero attached hydrogens (tertiary/aromatic N) is 1. The van der Waals surface area contributed by atoms with Crippen LogP contribution in [0, 0.1) is 0 Å². The maximum absolute atomic E-state index is 13.7. The molecule has 1 aromatic heterocycles. The van der Waals surface area contributed by atoms with Crippen LogP contribution < -0.4 is 27.7 Å². The van der Waals surface area contributed by atoms with Crippen LogP contribution in [0.2, 0.25) is 0 Å². The van der Waals surface area contributed by atoms with Crippen LogP contribution in [0.4, 0.5) is 5.69 Å². The Morgan fingerprint density at radius 2 is 1.38 bits per heavy atom. The Bertz CT molecular complexity index is 1690. The van der Waals surface area contributed by atoms with Gasteiger partial charge in [0.1, 0.15) is 5.75 Å². The van der Waals surface area contributed by atoms with Crippen molar-refractivity contribution in [2.24, 2.45) is 0 Å². The number of methoxy groups -OCH3 is 1. The first-order valence-corrected chi connectivity index (χ1v) is 12.7. The topological polar surface area (TPSA) is 147 Å². The van der Waals surface area contributed by atoms with Gasteiger partial charge in [-0.05, 0) is 41.5 Å². The standard InChI is InChI=1S/C29H34N2O8/c1-14(28(3,4)39-15(2)29(5,6)38-13-12-37-7)31-26(35)19-21(27(31)36)25(34)20-18(22(19)30)23(32)16-10-8-9-11-17(16)24(20)33/h8-11,14-15,34H,12-13,30H2,1-7H3. The Labute approximate surface area is 224 Å². The molecule has 4 aromatic rings. The second kappa shape index (κ2) is 9.86. The van der Waals surface area contributed by atoms with Crippen LogP contribution in [0.1, 0.15) is 47.6 Å². The number of hydrogen-bond acceptors (Lipinski definition) is 9. The molecule has 0 aliphatic rings. The number of nitrogens with two attached hydrogens (primary N) is 1. The third-order valence-electron chi connectivity index (χ3n) is 7.86. The summed E-state index contributed by atoms with van der Waals surface area (Å²) < 4.78 is 18.2. The number of benzene rings is 3. The van der Waals surface area contributed by atoms with Gasteiger partial charge >= 0.3 is 0 Å². The van der Waals surface area contributed by atoms with Crippen LogP contribution in [0.15, 0.2) is 43.4 Å². The Hall–Kier alpha value is -3.60. The van der Waals surface area contributed by atoms with Crippen LogP contribution in [0.25, 0.3) is 32.3 Å². The minimum Gasteiger partial charge on any atom is -0.506 e. The number of aromatic nitrogens is 1. The fraction of sp³-hybridized carbons (Fsp3) is 0.448.